The van der Waals surface area contributed by atoms with E-state index in [-0.39, 0.29) is 30.0 Å². The first-order valence-corrected chi connectivity index (χ1v) is 9.97. The third-order valence-corrected chi connectivity index (χ3v) is 4.79. The molecule has 0 saturated heterocycles. The predicted octanol–water partition coefficient (Wildman–Crippen LogP) is 2.76. The highest BCUT2D eigenvalue weighted by Gasteiger charge is 2.14. The second-order valence-corrected chi connectivity index (χ2v) is 7.12. The summed E-state index contributed by atoms with van der Waals surface area (Å²) >= 11 is 0. The van der Waals surface area contributed by atoms with E-state index in [1.807, 2.05) is 23.9 Å². The van der Waals surface area contributed by atoms with E-state index >= 15 is 0 Å². The van der Waals surface area contributed by atoms with Crippen LogP contribution in [0, 0.1) is 13.8 Å². The number of hydrogen-bond donors (Lipinski definition) is 3. The molecule has 0 aromatic carbocycles. The fourth-order valence-electron chi connectivity index (χ4n) is 3.22. The Hall–Kier alpha value is -2.37. The fourth-order valence-corrected chi connectivity index (χ4v) is 3.22. The van der Waals surface area contributed by atoms with Crippen LogP contribution in [0.15, 0.2) is 27.8 Å². The van der Waals surface area contributed by atoms with Gasteiger partial charge in [0, 0.05) is 38.3 Å². The van der Waals surface area contributed by atoms with Crippen LogP contribution >= 0.6 is 24.0 Å². The number of nitrogens with one attached hydrogen (secondary N) is 3. The number of furan rings is 1. The molecule has 10 heteroatoms. The highest BCUT2D eigenvalue weighted by atomic mass is 127. The summed E-state index contributed by atoms with van der Waals surface area (Å²) in [5.41, 5.74) is 3.57. The van der Waals surface area contributed by atoms with E-state index in [9.17, 15) is 0 Å². The third-order valence-electron chi connectivity index (χ3n) is 4.79. The van der Waals surface area contributed by atoms with Crippen molar-refractivity contribution in [3.8, 4) is 11.6 Å². The van der Waals surface area contributed by atoms with Crippen molar-refractivity contribution in [3.05, 3.63) is 41.2 Å². The van der Waals surface area contributed by atoms with Gasteiger partial charge in [0.1, 0.15) is 5.82 Å². The fraction of sp³-hybridized carbons (Fsp3) is 0.500. The number of guanidine groups is 1. The molecule has 0 amide bonds. The zero-order valence-electron chi connectivity index (χ0n) is 18.2. The maximum Gasteiger partial charge on any atom is 0.216 e. The van der Waals surface area contributed by atoms with E-state index < -0.39 is 0 Å². The number of aromatic nitrogens is 5. The normalized spacial score (nSPS) is 12.5. The topological polar surface area (TPSA) is 109 Å². The first kappa shape index (κ1) is 23.9. The summed E-state index contributed by atoms with van der Waals surface area (Å²) < 4.78 is 7.26. The Labute approximate surface area is 194 Å². The molecule has 0 aliphatic rings. The highest BCUT2D eigenvalue weighted by Crippen LogP contribution is 2.15. The van der Waals surface area contributed by atoms with Gasteiger partial charge in [0.2, 0.25) is 5.82 Å². The Bertz CT molecular complexity index is 944. The SMILES string of the molecule is CCNC(=NCCc1nc(-c2ccco2)n[nH]1)NC(C)Cc1c(C)nn(C)c1C.I. The lowest BCUT2D eigenvalue weighted by Gasteiger charge is -2.18. The number of aromatic amines is 1. The van der Waals surface area contributed by atoms with Crippen LogP contribution < -0.4 is 10.6 Å². The average Bonchev–Trinajstić information content (AvgIpc) is 3.40. The summed E-state index contributed by atoms with van der Waals surface area (Å²) in [5, 5.41) is 18.4. The van der Waals surface area contributed by atoms with E-state index in [1.165, 1.54) is 11.3 Å². The van der Waals surface area contributed by atoms with Crippen LogP contribution in [0.25, 0.3) is 11.6 Å². The maximum absolute atomic E-state index is 5.32. The van der Waals surface area contributed by atoms with Gasteiger partial charge in [0.05, 0.1) is 12.0 Å². The summed E-state index contributed by atoms with van der Waals surface area (Å²) in [5.74, 6) is 2.80. The summed E-state index contributed by atoms with van der Waals surface area (Å²) in [6, 6.07) is 3.88. The zero-order valence-corrected chi connectivity index (χ0v) is 20.5. The van der Waals surface area contributed by atoms with Gasteiger partial charge in [0.15, 0.2) is 11.7 Å². The Balaban J connectivity index is 0.00000320. The lowest BCUT2D eigenvalue weighted by Crippen LogP contribution is -2.43. The molecule has 164 valence electrons. The van der Waals surface area contributed by atoms with E-state index in [4.69, 9.17) is 4.42 Å². The lowest BCUT2D eigenvalue weighted by atomic mass is 10.1. The summed E-state index contributed by atoms with van der Waals surface area (Å²) in [6.45, 7) is 9.78. The summed E-state index contributed by atoms with van der Waals surface area (Å²) in [4.78, 5) is 9.13. The minimum absolute atomic E-state index is 0. The molecule has 3 aromatic heterocycles. The largest absolute Gasteiger partial charge is 0.461 e. The molecule has 0 spiro atoms. The number of rotatable bonds is 8. The van der Waals surface area contributed by atoms with Crippen LogP contribution in [0.1, 0.15) is 36.6 Å². The summed E-state index contributed by atoms with van der Waals surface area (Å²) in [6.07, 6.45) is 3.17. The van der Waals surface area contributed by atoms with Crippen LogP contribution in [-0.4, -0.2) is 50.1 Å². The van der Waals surface area contributed by atoms with Crippen LogP contribution in [0.5, 0.6) is 0 Å². The van der Waals surface area contributed by atoms with Crippen molar-refractivity contribution in [2.45, 2.75) is 46.6 Å². The van der Waals surface area contributed by atoms with Gasteiger partial charge in [-0.1, -0.05) is 0 Å². The van der Waals surface area contributed by atoms with Gasteiger partial charge in [-0.05, 0) is 51.8 Å². The lowest BCUT2D eigenvalue weighted by molar-refractivity contribution is 0.577. The van der Waals surface area contributed by atoms with Gasteiger partial charge >= 0.3 is 0 Å². The molecule has 0 saturated carbocycles. The number of aliphatic imine (C=N–C) groups is 1. The smallest absolute Gasteiger partial charge is 0.216 e. The number of aryl methyl sites for hydroxylation is 2. The Morgan fingerprint density at radius 3 is 2.80 bits per heavy atom. The van der Waals surface area contributed by atoms with Crippen LogP contribution in [0.3, 0.4) is 0 Å². The minimum atomic E-state index is 0. The molecule has 0 aliphatic carbocycles. The van der Waals surface area contributed by atoms with Crippen LogP contribution in [0.4, 0.5) is 0 Å². The number of nitrogens with zero attached hydrogens (tertiary/aromatic N) is 5. The summed E-state index contributed by atoms with van der Waals surface area (Å²) in [7, 11) is 1.98. The van der Waals surface area contributed by atoms with Gasteiger partial charge in [0.25, 0.3) is 0 Å². The van der Waals surface area contributed by atoms with Crippen molar-refractivity contribution >= 4 is 29.9 Å². The third kappa shape index (κ3) is 6.07. The number of hydrogen-bond acceptors (Lipinski definition) is 5. The van der Waals surface area contributed by atoms with Gasteiger partial charge < -0.3 is 15.1 Å². The molecule has 3 N–H and O–H groups in total. The maximum atomic E-state index is 5.32. The zero-order chi connectivity index (χ0) is 20.8. The van der Waals surface area contributed by atoms with Crippen LogP contribution in [-0.2, 0) is 19.9 Å². The highest BCUT2D eigenvalue weighted by molar-refractivity contribution is 14.0. The Kier molecular flexibility index (Phi) is 8.88. The second kappa shape index (κ2) is 11.1. The molecule has 30 heavy (non-hydrogen) atoms. The first-order chi connectivity index (χ1) is 14.0. The van der Waals surface area contributed by atoms with Gasteiger partial charge in [-0.15, -0.1) is 24.0 Å². The Morgan fingerprint density at radius 1 is 1.37 bits per heavy atom. The number of halogens is 1. The van der Waals surface area contributed by atoms with Gasteiger partial charge in [-0.25, -0.2) is 4.98 Å². The van der Waals surface area contributed by atoms with Crippen LogP contribution in [0.2, 0.25) is 0 Å². The molecule has 0 radical (unpaired) electrons. The Morgan fingerprint density at radius 2 is 2.17 bits per heavy atom. The van der Waals surface area contributed by atoms with E-state index in [1.54, 1.807) is 6.26 Å². The average molecular weight is 526 g/mol. The van der Waals surface area contributed by atoms with Crippen molar-refractivity contribution in [3.63, 3.8) is 0 Å². The van der Waals surface area contributed by atoms with Gasteiger partial charge in [-0.3, -0.25) is 14.8 Å². The molecular weight excluding hydrogens is 495 g/mol. The molecule has 3 aromatic rings. The van der Waals surface area contributed by atoms with Crippen molar-refractivity contribution in [1.29, 1.82) is 0 Å². The quantitative estimate of drug-likeness (QED) is 0.237. The predicted molar refractivity (Wildman–Crippen MR) is 128 cm³/mol. The van der Waals surface area contributed by atoms with Crippen molar-refractivity contribution in [2.75, 3.05) is 13.1 Å². The molecule has 1 unspecified atom stereocenters. The molecule has 3 rings (SSSR count). The monoisotopic (exact) mass is 526 g/mol. The standard InChI is InChI=1S/C20H30N8O.HI/c1-6-21-20(23-13(2)12-16-14(3)27-28(5)15(16)4)22-10-9-18-24-19(26-25-18)17-8-7-11-29-17;/h7-8,11,13H,6,9-10,12H2,1-5H3,(H2,21,22,23)(H,24,25,26);1H. The molecule has 0 fully saturated rings. The van der Waals surface area contributed by atoms with E-state index in [2.05, 4.69) is 63.6 Å². The van der Waals surface area contributed by atoms with E-state index in [0.717, 1.165) is 30.4 Å². The molecule has 3 heterocycles. The second-order valence-electron chi connectivity index (χ2n) is 7.12. The molecule has 0 aliphatic heterocycles. The molecular formula is C20H31IN8O. The van der Waals surface area contributed by atoms with Crippen molar-refractivity contribution < 1.29 is 4.42 Å². The molecule has 0 bridgehead atoms. The first-order valence-electron chi connectivity index (χ1n) is 9.97. The number of H-pyrrole nitrogens is 1. The van der Waals surface area contributed by atoms with E-state index in [0.29, 0.717) is 24.6 Å². The molecule has 9 nitrogen and oxygen atoms in total. The van der Waals surface area contributed by atoms with Crippen molar-refractivity contribution in [1.82, 2.24) is 35.6 Å². The van der Waals surface area contributed by atoms with Crippen molar-refractivity contribution in [2.24, 2.45) is 12.0 Å². The van der Waals surface area contributed by atoms with Gasteiger partial charge in [-0.2, -0.15) is 10.2 Å². The molecule has 1 atom stereocenters. The minimum Gasteiger partial charge on any atom is -0.461 e.